The van der Waals surface area contributed by atoms with Crippen LogP contribution in [0.5, 0.6) is 5.75 Å². The Labute approximate surface area is 216 Å². The van der Waals surface area contributed by atoms with Gasteiger partial charge in [-0.05, 0) is 87.6 Å². The molecule has 4 nitrogen and oxygen atoms in total. The molecular weight excluding hydrogens is 500 g/mol. The van der Waals surface area contributed by atoms with Gasteiger partial charge in [-0.3, -0.25) is 4.79 Å². The number of hydrogen-bond donors (Lipinski definition) is 0. The van der Waals surface area contributed by atoms with Crippen molar-refractivity contribution in [2.24, 2.45) is 0 Å². The molecule has 0 saturated carbocycles. The molecule has 0 unspecified atom stereocenters. The van der Waals surface area contributed by atoms with Crippen molar-refractivity contribution >= 4 is 21.7 Å². The molecule has 5 heteroatoms. The summed E-state index contributed by atoms with van der Waals surface area (Å²) in [5, 5.41) is 0. The predicted molar refractivity (Wildman–Crippen MR) is 148 cm³/mol. The predicted octanol–water partition coefficient (Wildman–Crippen LogP) is 7.42. The Hall–Kier alpha value is -3.15. The lowest BCUT2D eigenvalue weighted by Crippen LogP contribution is -2.14. The Balaban J connectivity index is 1.80. The van der Waals surface area contributed by atoms with Crippen molar-refractivity contribution in [3.05, 3.63) is 94.5 Å². The van der Waals surface area contributed by atoms with Crippen LogP contribution in [0, 0.1) is 6.92 Å². The molecule has 4 aromatic rings. The van der Waals surface area contributed by atoms with Gasteiger partial charge in [0.25, 0.3) is 0 Å². The molecule has 0 radical (unpaired) electrons. The first-order valence-electron chi connectivity index (χ1n) is 11.8. The van der Waals surface area contributed by atoms with Crippen LogP contribution in [-0.2, 0) is 0 Å². The maximum atomic E-state index is 12.8. The van der Waals surface area contributed by atoms with Crippen LogP contribution in [-0.4, -0.2) is 43.0 Å². The molecule has 0 atom stereocenters. The van der Waals surface area contributed by atoms with Crippen molar-refractivity contribution in [1.29, 1.82) is 0 Å². The molecule has 4 rings (SSSR count). The van der Waals surface area contributed by atoms with Gasteiger partial charge in [-0.15, -0.1) is 0 Å². The van der Waals surface area contributed by atoms with Gasteiger partial charge in [0.1, 0.15) is 5.75 Å². The molecule has 0 spiro atoms. The van der Waals surface area contributed by atoms with Gasteiger partial charge in [0.2, 0.25) is 0 Å². The number of aryl methyl sites for hydroxylation is 1. The Morgan fingerprint density at radius 2 is 1.66 bits per heavy atom. The van der Waals surface area contributed by atoms with E-state index >= 15 is 0 Å². The SMILES string of the molecule is COc1cc(C(=O)CCCN(C)C)ccc1-c1ccc(-c2ccc(Br)cc2)n1-c1ccccc1C. The lowest BCUT2D eigenvalue weighted by atomic mass is 10.0. The minimum absolute atomic E-state index is 0.140. The van der Waals surface area contributed by atoms with Crippen LogP contribution in [0.15, 0.2) is 83.3 Å². The smallest absolute Gasteiger partial charge is 0.163 e. The van der Waals surface area contributed by atoms with Gasteiger partial charge in [-0.2, -0.15) is 0 Å². The van der Waals surface area contributed by atoms with Gasteiger partial charge in [0.05, 0.1) is 18.5 Å². The molecule has 0 aliphatic rings. The zero-order chi connectivity index (χ0) is 24.9. The molecule has 0 aliphatic carbocycles. The summed E-state index contributed by atoms with van der Waals surface area (Å²) in [6, 6.07) is 26.8. The zero-order valence-electron chi connectivity index (χ0n) is 20.7. The van der Waals surface area contributed by atoms with Gasteiger partial charge in [-0.1, -0.05) is 52.3 Å². The Kier molecular flexibility index (Phi) is 7.89. The highest BCUT2D eigenvalue weighted by Gasteiger charge is 2.19. The first kappa shape index (κ1) is 25.0. The lowest BCUT2D eigenvalue weighted by molar-refractivity contribution is 0.0977. The second kappa shape index (κ2) is 11.1. The number of carbonyl (C=O) groups is 1. The molecule has 0 fully saturated rings. The summed E-state index contributed by atoms with van der Waals surface area (Å²) < 4.78 is 9.12. The van der Waals surface area contributed by atoms with Crippen LogP contribution in [0.2, 0.25) is 0 Å². The summed E-state index contributed by atoms with van der Waals surface area (Å²) in [6.45, 7) is 3.01. The largest absolute Gasteiger partial charge is 0.496 e. The van der Waals surface area contributed by atoms with E-state index in [1.165, 1.54) is 5.56 Å². The van der Waals surface area contributed by atoms with Crippen molar-refractivity contribution < 1.29 is 9.53 Å². The number of carbonyl (C=O) groups excluding carboxylic acids is 1. The summed E-state index contributed by atoms with van der Waals surface area (Å²) in [5.41, 5.74) is 7.14. The van der Waals surface area contributed by atoms with Crippen molar-refractivity contribution in [2.75, 3.05) is 27.7 Å². The number of halogens is 1. The molecule has 1 aromatic heterocycles. The van der Waals surface area contributed by atoms with Crippen LogP contribution in [0.25, 0.3) is 28.2 Å². The number of Topliss-reactive ketones (excluding diaryl/α,β-unsaturated/α-hetero) is 1. The van der Waals surface area contributed by atoms with Crippen LogP contribution < -0.4 is 4.74 Å². The number of hydrogen-bond acceptors (Lipinski definition) is 3. The minimum atomic E-state index is 0.140. The van der Waals surface area contributed by atoms with E-state index in [0.29, 0.717) is 17.7 Å². The van der Waals surface area contributed by atoms with Crippen LogP contribution >= 0.6 is 15.9 Å². The number of rotatable bonds is 9. The van der Waals surface area contributed by atoms with E-state index in [2.05, 4.69) is 93.0 Å². The zero-order valence-corrected chi connectivity index (χ0v) is 22.3. The number of aromatic nitrogens is 1. The van der Waals surface area contributed by atoms with E-state index in [1.54, 1.807) is 7.11 Å². The summed E-state index contributed by atoms with van der Waals surface area (Å²) in [4.78, 5) is 14.9. The molecule has 3 aromatic carbocycles. The van der Waals surface area contributed by atoms with Crippen LogP contribution in [0.3, 0.4) is 0 Å². The Bertz CT molecular complexity index is 1320. The van der Waals surface area contributed by atoms with E-state index < -0.39 is 0 Å². The van der Waals surface area contributed by atoms with E-state index in [-0.39, 0.29) is 5.78 Å². The van der Waals surface area contributed by atoms with Gasteiger partial charge < -0.3 is 14.2 Å². The fraction of sp³-hybridized carbons (Fsp3) is 0.233. The van der Waals surface area contributed by atoms with Crippen LogP contribution in [0.1, 0.15) is 28.8 Å². The highest BCUT2D eigenvalue weighted by atomic mass is 79.9. The molecule has 0 saturated heterocycles. The number of ketones is 1. The van der Waals surface area contributed by atoms with Crippen molar-refractivity contribution in [2.45, 2.75) is 19.8 Å². The van der Waals surface area contributed by atoms with Crippen LogP contribution in [0.4, 0.5) is 0 Å². The lowest BCUT2D eigenvalue weighted by Gasteiger charge is -2.18. The summed E-state index contributed by atoms with van der Waals surface area (Å²) >= 11 is 3.54. The first-order chi connectivity index (χ1) is 16.9. The Morgan fingerprint density at radius 1 is 0.943 bits per heavy atom. The summed E-state index contributed by atoms with van der Waals surface area (Å²) in [7, 11) is 5.71. The molecule has 1 heterocycles. The number of methoxy groups -OCH3 is 1. The Morgan fingerprint density at radius 3 is 2.34 bits per heavy atom. The van der Waals surface area contributed by atoms with Crippen molar-refractivity contribution in [1.82, 2.24) is 9.47 Å². The van der Waals surface area contributed by atoms with Gasteiger partial charge >= 0.3 is 0 Å². The quantitative estimate of drug-likeness (QED) is 0.211. The monoisotopic (exact) mass is 530 g/mol. The number of ether oxygens (including phenoxy) is 1. The normalized spacial score (nSPS) is 11.1. The third kappa shape index (κ3) is 5.58. The average molecular weight is 531 g/mol. The number of para-hydroxylation sites is 1. The molecule has 0 amide bonds. The number of nitrogens with zero attached hydrogens (tertiary/aromatic N) is 2. The molecule has 180 valence electrons. The van der Waals surface area contributed by atoms with Crippen molar-refractivity contribution in [3.63, 3.8) is 0 Å². The average Bonchev–Trinajstić information content (AvgIpc) is 3.28. The maximum Gasteiger partial charge on any atom is 0.163 e. The topological polar surface area (TPSA) is 34.5 Å². The number of benzene rings is 3. The summed E-state index contributed by atoms with van der Waals surface area (Å²) in [5.74, 6) is 0.834. The maximum absolute atomic E-state index is 12.8. The van der Waals surface area contributed by atoms with E-state index in [0.717, 1.165) is 45.6 Å². The van der Waals surface area contributed by atoms with E-state index in [4.69, 9.17) is 4.74 Å². The molecule has 35 heavy (non-hydrogen) atoms. The second-order valence-electron chi connectivity index (χ2n) is 8.98. The highest BCUT2D eigenvalue weighted by molar-refractivity contribution is 9.10. The van der Waals surface area contributed by atoms with Crippen molar-refractivity contribution in [3.8, 4) is 34.0 Å². The molecule has 0 bridgehead atoms. The van der Waals surface area contributed by atoms with E-state index in [1.807, 2.05) is 32.3 Å². The van der Waals surface area contributed by atoms with Gasteiger partial charge in [0.15, 0.2) is 5.78 Å². The first-order valence-corrected chi connectivity index (χ1v) is 12.6. The third-order valence-corrected chi connectivity index (χ3v) is 6.71. The molecular formula is C30H31BrN2O2. The molecule has 0 N–H and O–H groups in total. The highest BCUT2D eigenvalue weighted by Crippen LogP contribution is 2.38. The molecule has 0 aliphatic heterocycles. The summed E-state index contributed by atoms with van der Waals surface area (Å²) in [6.07, 6.45) is 1.36. The van der Waals surface area contributed by atoms with E-state index in [9.17, 15) is 4.79 Å². The standard InChI is InChI=1S/C30H31BrN2O2/c1-21-8-5-6-9-26(21)33-27(22-11-14-24(31)15-12-22)17-18-28(33)25-16-13-23(20-30(25)35-4)29(34)10-7-19-32(2)3/h5-6,8-9,11-18,20H,7,10,19H2,1-4H3. The third-order valence-electron chi connectivity index (χ3n) is 6.19. The second-order valence-corrected chi connectivity index (χ2v) is 9.89. The van der Waals surface area contributed by atoms with Gasteiger partial charge in [-0.25, -0.2) is 0 Å². The fourth-order valence-corrected chi connectivity index (χ4v) is 4.61. The fourth-order valence-electron chi connectivity index (χ4n) is 4.34. The van der Waals surface area contributed by atoms with Gasteiger partial charge in [0, 0.05) is 27.7 Å². The minimum Gasteiger partial charge on any atom is -0.496 e.